The van der Waals surface area contributed by atoms with E-state index in [0.29, 0.717) is 21.7 Å². The van der Waals surface area contributed by atoms with Gasteiger partial charge in [-0.05, 0) is 30.7 Å². The van der Waals surface area contributed by atoms with Crippen molar-refractivity contribution < 1.29 is 9.59 Å². The zero-order valence-electron chi connectivity index (χ0n) is 13.9. The first-order chi connectivity index (χ1) is 12.5. The predicted molar refractivity (Wildman–Crippen MR) is 101 cm³/mol. The fourth-order valence-electron chi connectivity index (χ4n) is 2.54. The van der Waals surface area contributed by atoms with E-state index in [4.69, 9.17) is 5.73 Å². The Kier molecular flexibility index (Phi) is 5.04. The number of urea groups is 1. The number of carbonyl (C=O) groups is 2. The molecule has 0 spiro atoms. The van der Waals surface area contributed by atoms with Gasteiger partial charge in [-0.1, -0.05) is 42.1 Å². The summed E-state index contributed by atoms with van der Waals surface area (Å²) in [4.78, 5) is 40.1. The van der Waals surface area contributed by atoms with Crippen molar-refractivity contribution in [3.8, 4) is 5.69 Å². The van der Waals surface area contributed by atoms with E-state index in [1.807, 2.05) is 36.5 Å². The maximum Gasteiger partial charge on any atom is 0.318 e. The second-order valence-corrected chi connectivity index (χ2v) is 6.48. The Balaban J connectivity index is 2.12. The molecule has 0 saturated heterocycles. The third-order valence-corrected chi connectivity index (χ3v) is 4.63. The maximum absolute atomic E-state index is 13.1. The molecule has 0 aliphatic heterocycles. The van der Waals surface area contributed by atoms with Gasteiger partial charge in [0.1, 0.15) is 0 Å². The Morgan fingerprint density at radius 3 is 2.58 bits per heavy atom. The van der Waals surface area contributed by atoms with Crippen LogP contribution in [0.1, 0.15) is 5.56 Å². The fraction of sp³-hybridized carbons (Fsp3) is 0.111. The molecular formula is C18H16N4O3S. The van der Waals surface area contributed by atoms with Crippen LogP contribution in [0.4, 0.5) is 4.79 Å². The lowest BCUT2D eigenvalue weighted by molar-refractivity contribution is -0.117. The summed E-state index contributed by atoms with van der Waals surface area (Å²) in [6, 6.07) is 13.5. The van der Waals surface area contributed by atoms with E-state index in [-0.39, 0.29) is 11.3 Å². The number of nitrogens with one attached hydrogen (secondary N) is 1. The number of para-hydroxylation sites is 2. The number of rotatable bonds is 4. The summed E-state index contributed by atoms with van der Waals surface area (Å²) >= 11 is 1.06. The van der Waals surface area contributed by atoms with Crippen molar-refractivity contribution in [2.75, 3.05) is 5.75 Å². The molecule has 0 aliphatic carbocycles. The molecule has 3 N–H and O–H groups in total. The molecule has 132 valence electrons. The van der Waals surface area contributed by atoms with Gasteiger partial charge < -0.3 is 5.73 Å². The van der Waals surface area contributed by atoms with E-state index in [1.54, 1.807) is 24.3 Å². The number of carbonyl (C=O) groups excluding carboxylic acids is 2. The molecule has 7 nitrogen and oxygen atoms in total. The van der Waals surface area contributed by atoms with Crippen LogP contribution in [-0.2, 0) is 4.79 Å². The number of thioether (sulfide) groups is 1. The van der Waals surface area contributed by atoms with Gasteiger partial charge in [-0.3, -0.25) is 19.5 Å². The van der Waals surface area contributed by atoms with E-state index < -0.39 is 11.9 Å². The molecule has 0 fully saturated rings. The van der Waals surface area contributed by atoms with Crippen molar-refractivity contribution in [1.82, 2.24) is 14.9 Å². The predicted octanol–water partition coefficient (Wildman–Crippen LogP) is 1.98. The first-order valence-corrected chi connectivity index (χ1v) is 8.76. The van der Waals surface area contributed by atoms with Crippen LogP contribution in [0.25, 0.3) is 16.6 Å². The third-order valence-electron chi connectivity index (χ3n) is 3.70. The van der Waals surface area contributed by atoms with Crippen LogP contribution in [0.5, 0.6) is 0 Å². The number of primary amides is 1. The van der Waals surface area contributed by atoms with Crippen LogP contribution in [-0.4, -0.2) is 27.2 Å². The minimum absolute atomic E-state index is 0.0976. The van der Waals surface area contributed by atoms with Crippen molar-refractivity contribution in [3.63, 3.8) is 0 Å². The molecule has 3 rings (SSSR count). The van der Waals surface area contributed by atoms with Crippen LogP contribution in [0.2, 0.25) is 0 Å². The Bertz CT molecular complexity index is 1060. The van der Waals surface area contributed by atoms with Gasteiger partial charge in [0.15, 0.2) is 5.16 Å². The minimum atomic E-state index is -0.918. The largest absolute Gasteiger partial charge is 0.351 e. The Morgan fingerprint density at radius 2 is 1.85 bits per heavy atom. The van der Waals surface area contributed by atoms with Crippen LogP contribution in [0.15, 0.2) is 58.5 Å². The molecule has 1 aromatic heterocycles. The van der Waals surface area contributed by atoms with E-state index in [9.17, 15) is 14.4 Å². The van der Waals surface area contributed by atoms with Crippen molar-refractivity contribution in [3.05, 3.63) is 64.4 Å². The molecule has 26 heavy (non-hydrogen) atoms. The summed E-state index contributed by atoms with van der Waals surface area (Å²) in [6.45, 7) is 1.89. The Hall–Kier alpha value is -3.13. The molecule has 3 aromatic rings. The second kappa shape index (κ2) is 7.40. The van der Waals surface area contributed by atoms with Crippen LogP contribution in [0.3, 0.4) is 0 Å². The summed E-state index contributed by atoms with van der Waals surface area (Å²) in [7, 11) is 0. The molecular weight excluding hydrogens is 352 g/mol. The number of aryl methyl sites for hydroxylation is 1. The lowest BCUT2D eigenvalue weighted by Crippen LogP contribution is -2.36. The van der Waals surface area contributed by atoms with Crippen molar-refractivity contribution >= 4 is 34.6 Å². The smallest absolute Gasteiger partial charge is 0.318 e. The highest BCUT2D eigenvalue weighted by atomic mass is 32.2. The minimum Gasteiger partial charge on any atom is -0.351 e. The summed E-state index contributed by atoms with van der Waals surface area (Å²) < 4.78 is 1.49. The molecule has 0 aliphatic rings. The summed E-state index contributed by atoms with van der Waals surface area (Å²) in [5.74, 6) is -0.652. The number of amides is 3. The molecule has 0 unspecified atom stereocenters. The number of fused-ring (bicyclic) bond motifs is 1. The number of benzene rings is 2. The highest BCUT2D eigenvalue weighted by molar-refractivity contribution is 7.99. The van der Waals surface area contributed by atoms with Crippen molar-refractivity contribution in [1.29, 1.82) is 0 Å². The maximum atomic E-state index is 13.1. The molecule has 1 heterocycles. The Labute approximate surface area is 153 Å². The van der Waals surface area contributed by atoms with Gasteiger partial charge in [-0.2, -0.15) is 0 Å². The van der Waals surface area contributed by atoms with Gasteiger partial charge in [0, 0.05) is 0 Å². The van der Waals surface area contributed by atoms with E-state index in [0.717, 1.165) is 17.3 Å². The molecule has 0 saturated carbocycles. The van der Waals surface area contributed by atoms with Crippen molar-refractivity contribution in [2.45, 2.75) is 12.1 Å². The topological polar surface area (TPSA) is 107 Å². The second-order valence-electron chi connectivity index (χ2n) is 5.54. The number of nitrogens with zero attached hydrogens (tertiary/aromatic N) is 2. The number of imide groups is 1. The lowest BCUT2D eigenvalue weighted by atomic mass is 10.2. The van der Waals surface area contributed by atoms with Crippen LogP contribution in [0, 0.1) is 6.92 Å². The van der Waals surface area contributed by atoms with Gasteiger partial charge in [0.25, 0.3) is 5.56 Å². The van der Waals surface area contributed by atoms with E-state index in [1.165, 1.54) is 4.57 Å². The first-order valence-electron chi connectivity index (χ1n) is 7.77. The zero-order valence-corrected chi connectivity index (χ0v) is 14.7. The monoisotopic (exact) mass is 368 g/mol. The number of hydrogen-bond acceptors (Lipinski definition) is 5. The SMILES string of the molecule is Cc1ccccc1-n1c(SCC(=O)NC(N)=O)nc2ccccc2c1=O. The summed E-state index contributed by atoms with van der Waals surface area (Å²) in [5, 5.41) is 2.85. The fourth-order valence-corrected chi connectivity index (χ4v) is 3.35. The number of nitrogens with two attached hydrogens (primary N) is 1. The number of aromatic nitrogens is 2. The Morgan fingerprint density at radius 1 is 1.15 bits per heavy atom. The van der Waals surface area contributed by atoms with Crippen LogP contribution < -0.4 is 16.6 Å². The van der Waals surface area contributed by atoms with Gasteiger partial charge in [-0.15, -0.1) is 0 Å². The quantitative estimate of drug-likeness (QED) is 0.541. The molecule has 0 atom stereocenters. The average molecular weight is 368 g/mol. The van der Waals surface area contributed by atoms with Gasteiger partial charge in [0.2, 0.25) is 5.91 Å². The van der Waals surface area contributed by atoms with E-state index in [2.05, 4.69) is 4.98 Å². The highest BCUT2D eigenvalue weighted by Gasteiger charge is 2.16. The van der Waals surface area contributed by atoms with Crippen LogP contribution >= 0.6 is 11.8 Å². The first kappa shape index (κ1) is 17.7. The third kappa shape index (κ3) is 3.60. The summed E-state index contributed by atoms with van der Waals surface area (Å²) in [5.41, 5.74) is 6.86. The molecule has 2 aromatic carbocycles. The molecule has 0 radical (unpaired) electrons. The number of hydrogen-bond donors (Lipinski definition) is 2. The van der Waals surface area contributed by atoms with E-state index >= 15 is 0 Å². The van der Waals surface area contributed by atoms with Gasteiger partial charge in [-0.25, -0.2) is 9.78 Å². The molecule has 8 heteroatoms. The lowest BCUT2D eigenvalue weighted by Gasteiger charge is -2.14. The molecule has 0 bridgehead atoms. The molecule has 3 amide bonds. The summed E-state index contributed by atoms with van der Waals surface area (Å²) in [6.07, 6.45) is 0. The normalized spacial score (nSPS) is 10.7. The highest BCUT2D eigenvalue weighted by Crippen LogP contribution is 2.22. The zero-order chi connectivity index (χ0) is 18.7. The van der Waals surface area contributed by atoms with Gasteiger partial charge in [0.05, 0.1) is 22.3 Å². The standard InChI is InChI=1S/C18H16N4O3S/c1-11-6-2-5-9-14(11)22-16(24)12-7-3-4-8-13(12)20-18(22)26-10-15(23)21-17(19)25/h2-9H,10H2,1H3,(H3,19,21,23,25). The van der Waals surface area contributed by atoms with Gasteiger partial charge >= 0.3 is 6.03 Å². The average Bonchev–Trinajstić information content (AvgIpc) is 2.60. The van der Waals surface area contributed by atoms with Crippen molar-refractivity contribution in [2.24, 2.45) is 5.73 Å².